The third-order valence-electron chi connectivity index (χ3n) is 1.89. The van der Waals surface area contributed by atoms with Crippen molar-refractivity contribution in [2.24, 2.45) is 0 Å². The Morgan fingerprint density at radius 3 is 3.15 bits per heavy atom. The van der Waals surface area contributed by atoms with Gasteiger partial charge in [-0.1, -0.05) is 0 Å². The van der Waals surface area contributed by atoms with Crippen LogP contribution in [-0.4, -0.2) is 26.3 Å². The summed E-state index contributed by atoms with van der Waals surface area (Å²) in [5.41, 5.74) is 2.80. The Bertz CT molecular complexity index is 422. The smallest absolute Gasteiger partial charge is 0.155 e. The molecule has 0 radical (unpaired) electrons. The molecule has 0 fully saturated rings. The van der Waals surface area contributed by atoms with Crippen LogP contribution in [0.15, 0.2) is 18.5 Å². The lowest BCUT2D eigenvalue weighted by atomic mass is 10.2. The van der Waals surface area contributed by atoms with Crippen LogP contribution in [0.5, 0.6) is 0 Å². The summed E-state index contributed by atoms with van der Waals surface area (Å²) in [4.78, 5) is 4.21. The third-order valence-corrected chi connectivity index (χ3v) is 1.89. The Kier molecular flexibility index (Phi) is 1.98. The Morgan fingerprint density at radius 1 is 1.54 bits per heavy atom. The summed E-state index contributed by atoms with van der Waals surface area (Å²) in [6.07, 6.45) is 4.29. The largest absolute Gasteiger partial charge is 0.396 e. The summed E-state index contributed by atoms with van der Waals surface area (Å²) < 4.78 is 1.74. The molecule has 4 nitrogen and oxygen atoms in total. The molecule has 2 aromatic rings. The monoisotopic (exact) mass is 177 g/mol. The molecule has 2 aromatic heterocycles. The molecule has 0 saturated heterocycles. The summed E-state index contributed by atoms with van der Waals surface area (Å²) in [6.45, 7) is 2.08. The molecule has 0 aromatic carbocycles. The molecule has 0 spiro atoms. The SMILES string of the molecule is Cc1cc2ncc(CCO)cn2n1. The van der Waals surface area contributed by atoms with Crippen molar-refractivity contribution in [1.29, 1.82) is 0 Å². The highest BCUT2D eigenvalue weighted by Crippen LogP contribution is 2.04. The van der Waals surface area contributed by atoms with E-state index in [0.717, 1.165) is 16.9 Å². The Labute approximate surface area is 75.8 Å². The first-order valence-corrected chi connectivity index (χ1v) is 4.21. The molecule has 13 heavy (non-hydrogen) atoms. The first kappa shape index (κ1) is 8.19. The van der Waals surface area contributed by atoms with Crippen LogP contribution in [-0.2, 0) is 6.42 Å². The molecule has 0 bridgehead atoms. The molecule has 4 heteroatoms. The van der Waals surface area contributed by atoms with Crippen LogP contribution >= 0.6 is 0 Å². The van der Waals surface area contributed by atoms with Crippen LogP contribution < -0.4 is 0 Å². The maximum absolute atomic E-state index is 8.74. The molecule has 68 valence electrons. The van der Waals surface area contributed by atoms with Gasteiger partial charge in [-0.05, 0) is 18.9 Å². The van der Waals surface area contributed by atoms with E-state index in [2.05, 4.69) is 10.1 Å². The zero-order valence-corrected chi connectivity index (χ0v) is 7.44. The summed E-state index contributed by atoms with van der Waals surface area (Å²) in [7, 11) is 0. The van der Waals surface area contributed by atoms with Gasteiger partial charge < -0.3 is 5.11 Å². The molecule has 0 atom stereocenters. The highest BCUT2D eigenvalue weighted by Gasteiger charge is 1.99. The van der Waals surface area contributed by atoms with E-state index in [1.54, 1.807) is 10.7 Å². The van der Waals surface area contributed by atoms with Gasteiger partial charge in [0, 0.05) is 25.1 Å². The van der Waals surface area contributed by atoms with E-state index in [9.17, 15) is 0 Å². The van der Waals surface area contributed by atoms with Crippen molar-refractivity contribution in [2.45, 2.75) is 13.3 Å². The summed E-state index contributed by atoms with van der Waals surface area (Å²) >= 11 is 0. The van der Waals surface area contributed by atoms with E-state index in [1.807, 2.05) is 19.2 Å². The van der Waals surface area contributed by atoms with Crippen LogP contribution in [0.3, 0.4) is 0 Å². The van der Waals surface area contributed by atoms with Crippen molar-refractivity contribution in [3.05, 3.63) is 29.7 Å². The fourth-order valence-electron chi connectivity index (χ4n) is 1.29. The molecule has 0 aliphatic rings. The molecule has 1 N–H and O–H groups in total. The van der Waals surface area contributed by atoms with Crippen LogP contribution in [0.2, 0.25) is 0 Å². The summed E-state index contributed by atoms with van der Waals surface area (Å²) in [5.74, 6) is 0. The number of aliphatic hydroxyl groups excluding tert-OH is 1. The van der Waals surface area contributed by atoms with E-state index in [0.29, 0.717) is 6.42 Å². The predicted molar refractivity (Wildman–Crippen MR) is 48.5 cm³/mol. The van der Waals surface area contributed by atoms with Crippen LogP contribution in [0.25, 0.3) is 5.65 Å². The average Bonchev–Trinajstić information content (AvgIpc) is 2.44. The van der Waals surface area contributed by atoms with E-state index in [-0.39, 0.29) is 6.61 Å². The van der Waals surface area contributed by atoms with E-state index >= 15 is 0 Å². The van der Waals surface area contributed by atoms with Gasteiger partial charge in [0.1, 0.15) is 0 Å². The summed E-state index contributed by atoms with van der Waals surface area (Å²) in [6, 6.07) is 1.92. The zero-order valence-electron chi connectivity index (χ0n) is 7.44. The van der Waals surface area contributed by atoms with Crippen molar-refractivity contribution in [1.82, 2.24) is 14.6 Å². The van der Waals surface area contributed by atoms with Gasteiger partial charge >= 0.3 is 0 Å². The Hall–Kier alpha value is -1.42. The lowest BCUT2D eigenvalue weighted by molar-refractivity contribution is 0.299. The van der Waals surface area contributed by atoms with Crippen molar-refractivity contribution < 1.29 is 5.11 Å². The number of aromatic nitrogens is 3. The molecule has 0 amide bonds. The predicted octanol–water partition coefficient (Wildman–Crippen LogP) is 0.573. The number of aryl methyl sites for hydroxylation is 1. The molecule has 0 aliphatic heterocycles. The number of hydrogen-bond acceptors (Lipinski definition) is 3. The van der Waals surface area contributed by atoms with Crippen molar-refractivity contribution in [2.75, 3.05) is 6.61 Å². The molecular formula is C9H11N3O. The molecule has 0 saturated carbocycles. The second-order valence-corrected chi connectivity index (χ2v) is 3.02. The van der Waals surface area contributed by atoms with Crippen molar-refractivity contribution >= 4 is 5.65 Å². The van der Waals surface area contributed by atoms with Crippen LogP contribution in [0, 0.1) is 6.92 Å². The van der Waals surface area contributed by atoms with Gasteiger partial charge in [-0.25, -0.2) is 9.50 Å². The molecule has 0 aliphatic carbocycles. The van der Waals surface area contributed by atoms with Gasteiger partial charge in [0.05, 0.1) is 5.69 Å². The highest BCUT2D eigenvalue weighted by molar-refractivity contribution is 5.38. The minimum Gasteiger partial charge on any atom is -0.396 e. The minimum atomic E-state index is 0.146. The minimum absolute atomic E-state index is 0.146. The van der Waals surface area contributed by atoms with Crippen LogP contribution in [0.4, 0.5) is 0 Å². The highest BCUT2D eigenvalue weighted by atomic mass is 16.2. The van der Waals surface area contributed by atoms with Crippen molar-refractivity contribution in [3.8, 4) is 0 Å². The number of aliphatic hydroxyl groups is 1. The van der Waals surface area contributed by atoms with Gasteiger partial charge in [0.25, 0.3) is 0 Å². The second kappa shape index (κ2) is 3.14. The lowest BCUT2D eigenvalue weighted by Crippen LogP contribution is -1.96. The first-order valence-electron chi connectivity index (χ1n) is 4.21. The topological polar surface area (TPSA) is 50.4 Å². The Balaban J connectivity index is 2.48. The number of fused-ring (bicyclic) bond motifs is 1. The van der Waals surface area contributed by atoms with E-state index in [4.69, 9.17) is 5.11 Å². The first-order chi connectivity index (χ1) is 6.29. The van der Waals surface area contributed by atoms with Gasteiger partial charge in [-0.3, -0.25) is 0 Å². The van der Waals surface area contributed by atoms with E-state index < -0.39 is 0 Å². The van der Waals surface area contributed by atoms with Gasteiger partial charge in [0.2, 0.25) is 0 Å². The molecule has 2 heterocycles. The fraction of sp³-hybridized carbons (Fsp3) is 0.333. The molecule has 2 rings (SSSR count). The zero-order chi connectivity index (χ0) is 9.26. The van der Waals surface area contributed by atoms with Gasteiger partial charge in [-0.2, -0.15) is 5.10 Å². The van der Waals surface area contributed by atoms with Crippen molar-refractivity contribution in [3.63, 3.8) is 0 Å². The summed E-state index contributed by atoms with van der Waals surface area (Å²) in [5, 5.41) is 13.0. The molecule has 0 unspecified atom stereocenters. The maximum atomic E-state index is 8.74. The average molecular weight is 177 g/mol. The maximum Gasteiger partial charge on any atom is 0.155 e. The Morgan fingerprint density at radius 2 is 2.38 bits per heavy atom. The second-order valence-electron chi connectivity index (χ2n) is 3.02. The standard InChI is InChI=1S/C9H11N3O/c1-7-4-9-10-5-8(2-3-13)6-12(9)11-7/h4-6,13H,2-3H2,1H3. The van der Waals surface area contributed by atoms with Gasteiger partial charge in [-0.15, -0.1) is 0 Å². The number of nitrogens with zero attached hydrogens (tertiary/aromatic N) is 3. The third kappa shape index (κ3) is 1.53. The quantitative estimate of drug-likeness (QED) is 0.729. The number of hydrogen-bond donors (Lipinski definition) is 1. The normalized spacial score (nSPS) is 10.9. The van der Waals surface area contributed by atoms with Gasteiger partial charge in [0.15, 0.2) is 5.65 Å². The fourth-order valence-corrected chi connectivity index (χ4v) is 1.29. The van der Waals surface area contributed by atoms with E-state index in [1.165, 1.54) is 0 Å². The van der Waals surface area contributed by atoms with Crippen LogP contribution in [0.1, 0.15) is 11.3 Å². The lowest BCUT2D eigenvalue weighted by Gasteiger charge is -1.97. The number of rotatable bonds is 2. The molecular weight excluding hydrogens is 166 g/mol.